The summed E-state index contributed by atoms with van der Waals surface area (Å²) in [6.07, 6.45) is 0. The summed E-state index contributed by atoms with van der Waals surface area (Å²) >= 11 is 1.46. The molecule has 37 heavy (non-hydrogen) atoms. The summed E-state index contributed by atoms with van der Waals surface area (Å²) in [6.45, 7) is 7.77. The lowest BCUT2D eigenvalue weighted by molar-refractivity contribution is 0.0996. The molecule has 0 unspecified atom stereocenters. The molecule has 1 heterocycles. The molecule has 0 saturated carbocycles. The summed E-state index contributed by atoms with van der Waals surface area (Å²) < 4.78 is 41.6. The van der Waals surface area contributed by atoms with Gasteiger partial charge in [-0.3, -0.25) is 9.52 Å². The highest BCUT2D eigenvalue weighted by molar-refractivity contribution is 7.92. The number of thiazole rings is 1. The summed E-state index contributed by atoms with van der Waals surface area (Å²) in [6, 6.07) is 16.5. The number of nitrogens with zero attached hydrogens (tertiary/aromatic N) is 2. The summed E-state index contributed by atoms with van der Waals surface area (Å²) in [5, 5.41) is 0. The molecule has 1 N–H and O–H groups in total. The largest absolute Gasteiger partial charge is 0.497 e. The van der Waals surface area contributed by atoms with Crippen LogP contribution in [0.25, 0.3) is 10.2 Å². The highest BCUT2D eigenvalue weighted by Gasteiger charge is 2.15. The lowest BCUT2D eigenvalue weighted by Crippen LogP contribution is -2.20. The Balaban J connectivity index is 1.59. The summed E-state index contributed by atoms with van der Waals surface area (Å²) in [5.74, 6) is 0.156. The smallest absolute Gasteiger partial charge is 0.279 e. The molecule has 0 fully saturated rings. The fourth-order valence-electron chi connectivity index (χ4n) is 3.72. The minimum absolute atomic E-state index is 0.107. The van der Waals surface area contributed by atoms with Crippen LogP contribution in [0, 0.1) is 13.8 Å². The number of rotatable bonds is 9. The highest BCUT2D eigenvalue weighted by Crippen LogP contribution is 2.23. The van der Waals surface area contributed by atoms with Crippen molar-refractivity contribution in [3.8, 4) is 5.75 Å². The number of aromatic nitrogens is 1. The number of hydrogen-bond acceptors (Lipinski definition) is 6. The van der Waals surface area contributed by atoms with Crippen molar-refractivity contribution in [2.24, 2.45) is 4.99 Å². The molecule has 0 spiro atoms. The van der Waals surface area contributed by atoms with E-state index < -0.39 is 15.9 Å². The molecule has 3 aromatic carbocycles. The van der Waals surface area contributed by atoms with Gasteiger partial charge < -0.3 is 14.0 Å². The number of ether oxygens (including phenoxy) is 2. The maximum Gasteiger partial charge on any atom is 0.279 e. The zero-order chi connectivity index (χ0) is 26.6. The first-order chi connectivity index (χ1) is 17.7. The van der Waals surface area contributed by atoms with Crippen molar-refractivity contribution in [1.29, 1.82) is 0 Å². The van der Waals surface area contributed by atoms with E-state index in [1.165, 1.54) is 41.7 Å². The van der Waals surface area contributed by atoms with Crippen molar-refractivity contribution in [3.63, 3.8) is 0 Å². The molecule has 0 saturated heterocycles. The van der Waals surface area contributed by atoms with Gasteiger partial charge in [0.15, 0.2) is 4.80 Å². The van der Waals surface area contributed by atoms with Crippen molar-refractivity contribution in [1.82, 2.24) is 4.57 Å². The second-order valence-electron chi connectivity index (χ2n) is 8.41. The quantitative estimate of drug-likeness (QED) is 0.305. The second-order valence-corrected chi connectivity index (χ2v) is 11.1. The Bertz CT molecular complexity index is 1590. The number of aryl methyl sites for hydroxylation is 2. The molecule has 1 aromatic heterocycles. The van der Waals surface area contributed by atoms with E-state index in [1.807, 2.05) is 11.5 Å². The Morgan fingerprint density at radius 1 is 1.03 bits per heavy atom. The number of sulfonamides is 1. The van der Waals surface area contributed by atoms with E-state index in [2.05, 4.69) is 35.7 Å². The first kappa shape index (κ1) is 26.6. The van der Waals surface area contributed by atoms with Crippen LogP contribution in [-0.4, -0.2) is 39.2 Å². The molecule has 10 heteroatoms. The number of fused-ring (bicyclic) bond motifs is 1. The van der Waals surface area contributed by atoms with E-state index in [0.29, 0.717) is 41.6 Å². The van der Waals surface area contributed by atoms with Crippen LogP contribution in [0.1, 0.15) is 28.4 Å². The molecule has 0 aliphatic heterocycles. The van der Waals surface area contributed by atoms with Gasteiger partial charge in [0.05, 0.1) is 28.8 Å². The number of hydrogen-bond donors (Lipinski definition) is 1. The molecular formula is C27H29N3O5S2. The monoisotopic (exact) mass is 539 g/mol. The molecule has 4 aromatic rings. The molecule has 0 radical (unpaired) electrons. The molecular weight excluding hydrogens is 510 g/mol. The lowest BCUT2D eigenvalue weighted by Gasteiger charge is -2.09. The topological polar surface area (TPSA) is 99.0 Å². The van der Waals surface area contributed by atoms with E-state index in [4.69, 9.17) is 9.47 Å². The van der Waals surface area contributed by atoms with E-state index in [0.717, 1.165) is 10.2 Å². The number of anilines is 1. The summed E-state index contributed by atoms with van der Waals surface area (Å²) in [5.41, 5.74) is 4.06. The van der Waals surface area contributed by atoms with Gasteiger partial charge in [0.2, 0.25) is 0 Å². The van der Waals surface area contributed by atoms with Crippen molar-refractivity contribution in [2.45, 2.75) is 32.2 Å². The Morgan fingerprint density at radius 3 is 2.35 bits per heavy atom. The Morgan fingerprint density at radius 2 is 1.70 bits per heavy atom. The fraction of sp³-hybridized carbons (Fsp3) is 0.259. The number of benzene rings is 3. The predicted octanol–water partition coefficient (Wildman–Crippen LogP) is 4.91. The molecule has 0 atom stereocenters. The third-order valence-electron chi connectivity index (χ3n) is 5.91. The van der Waals surface area contributed by atoms with E-state index in [1.54, 1.807) is 36.4 Å². The van der Waals surface area contributed by atoms with Crippen LogP contribution in [0.3, 0.4) is 0 Å². The molecule has 0 aliphatic rings. The van der Waals surface area contributed by atoms with Gasteiger partial charge in [-0.15, -0.1) is 0 Å². The standard InChI is InChI=1S/C27H29N3O5S2/c1-5-35-15-14-30-24-16-18(2)19(3)17-25(24)36-27(30)28-26(31)20-6-8-21(9-7-20)29-37(32,33)23-12-10-22(34-4)11-13-23/h6-13,16-17,29H,5,14-15H2,1-4H3. The minimum atomic E-state index is -3.79. The first-order valence-electron chi connectivity index (χ1n) is 11.8. The third kappa shape index (κ3) is 6.10. The molecule has 194 valence electrons. The average molecular weight is 540 g/mol. The van der Waals surface area contributed by atoms with E-state index in [9.17, 15) is 13.2 Å². The average Bonchev–Trinajstić information content (AvgIpc) is 3.20. The van der Waals surface area contributed by atoms with Gasteiger partial charge in [0.1, 0.15) is 5.75 Å². The van der Waals surface area contributed by atoms with Crippen molar-refractivity contribution in [2.75, 3.05) is 25.0 Å². The highest BCUT2D eigenvalue weighted by atomic mass is 32.2. The van der Waals surface area contributed by atoms with Crippen LogP contribution in [0.2, 0.25) is 0 Å². The van der Waals surface area contributed by atoms with Crippen LogP contribution in [0.5, 0.6) is 5.75 Å². The maximum atomic E-state index is 13.0. The Labute approximate surface area is 220 Å². The number of nitrogens with one attached hydrogen (secondary N) is 1. The number of methoxy groups -OCH3 is 1. The zero-order valence-corrected chi connectivity index (χ0v) is 22.8. The molecule has 8 nitrogen and oxygen atoms in total. The van der Waals surface area contributed by atoms with Gasteiger partial charge in [-0.2, -0.15) is 4.99 Å². The fourth-order valence-corrected chi connectivity index (χ4v) is 5.92. The predicted molar refractivity (Wildman–Crippen MR) is 146 cm³/mol. The second kappa shape index (κ2) is 11.3. The van der Waals surface area contributed by atoms with E-state index in [-0.39, 0.29) is 4.90 Å². The zero-order valence-electron chi connectivity index (χ0n) is 21.1. The maximum absolute atomic E-state index is 13.0. The van der Waals surface area contributed by atoms with Crippen LogP contribution in [0.4, 0.5) is 5.69 Å². The van der Waals surface area contributed by atoms with Crippen LogP contribution in [0.15, 0.2) is 70.6 Å². The molecule has 1 amide bonds. The van der Waals surface area contributed by atoms with Crippen molar-refractivity contribution >= 4 is 43.2 Å². The lowest BCUT2D eigenvalue weighted by atomic mass is 10.1. The van der Waals surface area contributed by atoms with Gasteiger partial charge in [0, 0.05) is 24.4 Å². The Kier molecular flexibility index (Phi) is 8.11. The van der Waals surface area contributed by atoms with Crippen LogP contribution >= 0.6 is 11.3 Å². The van der Waals surface area contributed by atoms with Gasteiger partial charge in [0.25, 0.3) is 15.9 Å². The van der Waals surface area contributed by atoms with Crippen molar-refractivity contribution < 1.29 is 22.7 Å². The van der Waals surface area contributed by atoms with E-state index >= 15 is 0 Å². The van der Waals surface area contributed by atoms with Gasteiger partial charge >= 0.3 is 0 Å². The summed E-state index contributed by atoms with van der Waals surface area (Å²) in [7, 11) is -2.27. The molecule has 0 bridgehead atoms. The first-order valence-corrected chi connectivity index (χ1v) is 14.1. The van der Waals surface area contributed by atoms with Crippen LogP contribution in [-0.2, 0) is 21.3 Å². The van der Waals surface area contributed by atoms with Crippen LogP contribution < -0.4 is 14.3 Å². The Hall–Kier alpha value is -3.47. The number of carbonyl (C=O) groups is 1. The third-order valence-corrected chi connectivity index (χ3v) is 8.35. The van der Waals surface area contributed by atoms with Gasteiger partial charge in [-0.1, -0.05) is 11.3 Å². The number of amides is 1. The summed E-state index contributed by atoms with van der Waals surface area (Å²) in [4.78, 5) is 18.1. The minimum Gasteiger partial charge on any atom is -0.497 e. The van der Waals surface area contributed by atoms with Crippen molar-refractivity contribution in [3.05, 3.63) is 82.2 Å². The van der Waals surface area contributed by atoms with Gasteiger partial charge in [-0.25, -0.2) is 8.42 Å². The van der Waals surface area contributed by atoms with Gasteiger partial charge in [-0.05, 0) is 92.6 Å². The molecule has 0 aliphatic carbocycles. The number of carbonyl (C=O) groups excluding carboxylic acids is 1. The normalized spacial score (nSPS) is 12.2. The SMILES string of the molecule is CCOCCn1c(=NC(=O)c2ccc(NS(=O)(=O)c3ccc(OC)cc3)cc2)sc2cc(C)c(C)cc21. The molecule has 4 rings (SSSR count).